The Hall–Kier alpha value is -2.50. The Morgan fingerprint density at radius 3 is 2.90 bits per heavy atom. The summed E-state index contributed by atoms with van der Waals surface area (Å²) in [4.78, 5) is 21.7. The molecule has 0 unspecified atom stereocenters. The van der Waals surface area contributed by atoms with Crippen molar-refractivity contribution in [2.24, 2.45) is 0 Å². The molecule has 0 saturated heterocycles. The predicted molar refractivity (Wildman–Crippen MR) is 73.8 cm³/mol. The first-order valence-electron chi connectivity index (χ1n) is 6.09. The Balaban J connectivity index is 2.20. The molecule has 5 nitrogen and oxygen atoms in total. The minimum atomic E-state index is -0.540. The zero-order valence-electron chi connectivity index (χ0n) is 11.3. The first kappa shape index (κ1) is 13.9. The summed E-state index contributed by atoms with van der Waals surface area (Å²) in [5.74, 6) is -0.484. The summed E-state index contributed by atoms with van der Waals surface area (Å²) in [7, 11) is 3.29. The summed E-state index contributed by atoms with van der Waals surface area (Å²) in [5, 5.41) is 2.78. The van der Waals surface area contributed by atoms with Gasteiger partial charge in [-0.2, -0.15) is 0 Å². The molecule has 0 fully saturated rings. The van der Waals surface area contributed by atoms with E-state index >= 15 is 0 Å². The highest BCUT2D eigenvalue weighted by atomic mass is 19.1. The van der Waals surface area contributed by atoms with E-state index < -0.39 is 5.82 Å². The Labute approximate surface area is 116 Å². The van der Waals surface area contributed by atoms with Crippen LogP contribution in [0.1, 0.15) is 15.9 Å². The smallest absolute Gasteiger partial charge is 0.257 e. The normalized spacial score (nSPS) is 10.2. The Morgan fingerprint density at radius 2 is 2.25 bits per heavy atom. The number of aromatic nitrogens is 2. The molecule has 6 heteroatoms. The summed E-state index contributed by atoms with van der Waals surface area (Å²) < 4.78 is 13.3. The average molecular weight is 274 g/mol. The van der Waals surface area contributed by atoms with Crippen molar-refractivity contribution in [2.45, 2.75) is 6.54 Å². The summed E-state index contributed by atoms with van der Waals surface area (Å²) in [6, 6.07) is 4.86. The van der Waals surface area contributed by atoms with Crippen molar-refractivity contribution in [3.05, 3.63) is 53.7 Å². The molecule has 104 valence electrons. The van der Waals surface area contributed by atoms with Gasteiger partial charge in [-0.25, -0.2) is 9.37 Å². The molecule has 0 spiro atoms. The second kappa shape index (κ2) is 6.10. The molecule has 2 aromatic rings. The average Bonchev–Trinajstić information content (AvgIpc) is 2.47. The van der Waals surface area contributed by atoms with E-state index in [1.165, 1.54) is 11.0 Å². The van der Waals surface area contributed by atoms with Crippen LogP contribution < -0.4 is 5.32 Å². The predicted octanol–water partition coefficient (Wildman–Crippen LogP) is 1.93. The monoisotopic (exact) mass is 274 g/mol. The van der Waals surface area contributed by atoms with Crippen LogP contribution in [0.25, 0.3) is 0 Å². The minimum Gasteiger partial charge on any atom is -0.372 e. The van der Waals surface area contributed by atoms with Crippen molar-refractivity contribution in [3.8, 4) is 0 Å². The van der Waals surface area contributed by atoms with Crippen molar-refractivity contribution in [2.75, 3.05) is 19.4 Å². The van der Waals surface area contributed by atoms with Gasteiger partial charge in [-0.05, 0) is 17.7 Å². The number of carbonyl (C=O) groups excluding carboxylic acids is 1. The van der Waals surface area contributed by atoms with Crippen LogP contribution in [0.4, 0.5) is 10.2 Å². The van der Waals surface area contributed by atoms with E-state index in [2.05, 4.69) is 15.3 Å². The molecule has 0 aliphatic carbocycles. The van der Waals surface area contributed by atoms with Gasteiger partial charge in [0.05, 0.1) is 11.8 Å². The molecule has 2 aromatic heterocycles. The number of carbonyl (C=O) groups is 1. The fraction of sp³-hybridized carbons (Fsp3) is 0.214. The standard InChI is InChI=1S/C14H15FN4O/c1-16-13-12(6-11(15)8-18-13)14(20)19(2)9-10-4-3-5-17-7-10/h3-8H,9H2,1-2H3,(H,16,18). The van der Waals surface area contributed by atoms with Crippen LogP contribution in [0.3, 0.4) is 0 Å². The molecule has 0 aliphatic heterocycles. The first-order chi connectivity index (χ1) is 9.61. The topological polar surface area (TPSA) is 58.1 Å². The molecule has 2 rings (SSSR count). The number of rotatable bonds is 4. The van der Waals surface area contributed by atoms with Gasteiger partial charge in [-0.1, -0.05) is 6.07 Å². The third kappa shape index (κ3) is 3.09. The lowest BCUT2D eigenvalue weighted by Gasteiger charge is -2.18. The summed E-state index contributed by atoms with van der Waals surface area (Å²) in [5.41, 5.74) is 1.11. The van der Waals surface area contributed by atoms with Gasteiger partial charge in [0.2, 0.25) is 0 Å². The number of nitrogens with zero attached hydrogens (tertiary/aromatic N) is 3. The second-order valence-corrected chi connectivity index (χ2v) is 4.32. The lowest BCUT2D eigenvalue weighted by atomic mass is 10.2. The molecule has 1 amide bonds. The molecule has 1 N–H and O–H groups in total. The number of anilines is 1. The molecule has 2 heterocycles. The second-order valence-electron chi connectivity index (χ2n) is 4.32. The molecule has 20 heavy (non-hydrogen) atoms. The maximum Gasteiger partial charge on any atom is 0.257 e. The zero-order valence-corrected chi connectivity index (χ0v) is 11.3. The largest absolute Gasteiger partial charge is 0.372 e. The van der Waals surface area contributed by atoms with Gasteiger partial charge in [0, 0.05) is 33.0 Å². The van der Waals surface area contributed by atoms with E-state index in [0.717, 1.165) is 11.8 Å². The SMILES string of the molecule is CNc1ncc(F)cc1C(=O)N(C)Cc1cccnc1. The first-order valence-corrected chi connectivity index (χ1v) is 6.09. The number of hydrogen-bond donors (Lipinski definition) is 1. The van der Waals surface area contributed by atoms with Gasteiger partial charge in [-0.15, -0.1) is 0 Å². The number of pyridine rings is 2. The summed E-state index contributed by atoms with van der Waals surface area (Å²) in [6.07, 6.45) is 4.43. The Kier molecular flexibility index (Phi) is 4.24. The van der Waals surface area contributed by atoms with Gasteiger partial charge < -0.3 is 10.2 Å². The lowest BCUT2D eigenvalue weighted by Crippen LogP contribution is -2.27. The van der Waals surface area contributed by atoms with Crippen LogP contribution in [-0.2, 0) is 6.54 Å². The van der Waals surface area contributed by atoms with Crippen LogP contribution in [0.2, 0.25) is 0 Å². The van der Waals surface area contributed by atoms with Crippen molar-refractivity contribution < 1.29 is 9.18 Å². The third-order valence-corrected chi connectivity index (χ3v) is 2.81. The van der Waals surface area contributed by atoms with Crippen molar-refractivity contribution in [1.29, 1.82) is 0 Å². The maximum atomic E-state index is 13.3. The fourth-order valence-electron chi connectivity index (χ4n) is 1.84. The fourth-order valence-corrected chi connectivity index (χ4v) is 1.84. The quantitative estimate of drug-likeness (QED) is 0.925. The molecule has 0 aliphatic rings. The highest BCUT2D eigenvalue weighted by molar-refractivity contribution is 5.98. The maximum absolute atomic E-state index is 13.3. The summed E-state index contributed by atoms with van der Waals surface area (Å²) in [6.45, 7) is 0.395. The molecular formula is C14H15FN4O. The van der Waals surface area contributed by atoms with E-state index in [1.54, 1.807) is 32.6 Å². The summed E-state index contributed by atoms with van der Waals surface area (Å²) >= 11 is 0. The van der Waals surface area contributed by atoms with Crippen LogP contribution in [0.5, 0.6) is 0 Å². The van der Waals surface area contributed by atoms with Crippen molar-refractivity contribution in [1.82, 2.24) is 14.9 Å². The number of amides is 1. The Bertz CT molecular complexity index is 603. The van der Waals surface area contributed by atoms with Gasteiger partial charge >= 0.3 is 0 Å². The van der Waals surface area contributed by atoms with Gasteiger partial charge in [0.25, 0.3) is 5.91 Å². The highest BCUT2D eigenvalue weighted by Crippen LogP contribution is 2.16. The molecule has 0 bridgehead atoms. The van der Waals surface area contributed by atoms with E-state index in [0.29, 0.717) is 12.4 Å². The van der Waals surface area contributed by atoms with Crippen LogP contribution in [0, 0.1) is 5.82 Å². The minimum absolute atomic E-state index is 0.207. The van der Waals surface area contributed by atoms with Crippen LogP contribution in [0.15, 0.2) is 36.8 Å². The zero-order chi connectivity index (χ0) is 14.5. The van der Waals surface area contributed by atoms with Gasteiger partial charge in [0.15, 0.2) is 0 Å². The lowest BCUT2D eigenvalue weighted by molar-refractivity contribution is 0.0785. The number of halogens is 1. The van der Waals surface area contributed by atoms with Gasteiger partial charge in [0.1, 0.15) is 11.6 Å². The molecule has 0 aromatic carbocycles. The van der Waals surface area contributed by atoms with E-state index in [1.807, 2.05) is 6.07 Å². The number of nitrogens with one attached hydrogen (secondary N) is 1. The highest BCUT2D eigenvalue weighted by Gasteiger charge is 2.17. The molecule has 0 radical (unpaired) electrons. The third-order valence-electron chi connectivity index (χ3n) is 2.81. The van der Waals surface area contributed by atoms with Crippen molar-refractivity contribution >= 4 is 11.7 Å². The molecule has 0 saturated carbocycles. The molecule has 0 atom stereocenters. The number of hydrogen-bond acceptors (Lipinski definition) is 4. The van der Waals surface area contributed by atoms with Crippen molar-refractivity contribution in [3.63, 3.8) is 0 Å². The van der Waals surface area contributed by atoms with E-state index in [-0.39, 0.29) is 11.5 Å². The van der Waals surface area contributed by atoms with E-state index in [4.69, 9.17) is 0 Å². The Morgan fingerprint density at radius 1 is 1.45 bits per heavy atom. The van der Waals surface area contributed by atoms with Crippen LogP contribution in [-0.4, -0.2) is 34.9 Å². The van der Waals surface area contributed by atoms with Gasteiger partial charge in [-0.3, -0.25) is 9.78 Å². The molecular weight excluding hydrogens is 259 g/mol. The van der Waals surface area contributed by atoms with E-state index in [9.17, 15) is 9.18 Å². The van der Waals surface area contributed by atoms with Crippen LogP contribution >= 0.6 is 0 Å².